The van der Waals surface area contributed by atoms with Gasteiger partial charge in [-0.25, -0.2) is 8.42 Å². The summed E-state index contributed by atoms with van der Waals surface area (Å²) >= 11 is 0. The Balaban J connectivity index is 1.92. The quantitative estimate of drug-likeness (QED) is 0.850. The summed E-state index contributed by atoms with van der Waals surface area (Å²) in [5.41, 5.74) is 5.26. The molecule has 1 aliphatic heterocycles. The van der Waals surface area contributed by atoms with Crippen molar-refractivity contribution in [1.29, 1.82) is 0 Å². The van der Waals surface area contributed by atoms with Crippen LogP contribution in [0.5, 0.6) is 0 Å². The molecule has 0 aromatic heterocycles. The fourth-order valence-electron chi connectivity index (χ4n) is 3.64. The van der Waals surface area contributed by atoms with Crippen molar-refractivity contribution in [3.8, 4) is 0 Å². The van der Waals surface area contributed by atoms with E-state index in [1.165, 1.54) is 10.6 Å². The molecule has 0 fully saturated rings. The monoisotopic (exact) mass is 386 g/mol. The molecule has 2 aromatic rings. The first kappa shape index (κ1) is 19.4. The number of amides is 1. The lowest BCUT2D eigenvalue weighted by Gasteiger charge is -2.29. The fourth-order valence-corrected chi connectivity index (χ4v) is 4.63. The summed E-state index contributed by atoms with van der Waals surface area (Å²) in [7, 11) is -3.31. The molecule has 5 nitrogen and oxygen atoms in total. The van der Waals surface area contributed by atoms with E-state index in [4.69, 9.17) is 0 Å². The van der Waals surface area contributed by atoms with Crippen molar-refractivity contribution in [3.63, 3.8) is 0 Å². The van der Waals surface area contributed by atoms with E-state index >= 15 is 0 Å². The highest BCUT2D eigenvalue weighted by molar-refractivity contribution is 7.92. The van der Waals surface area contributed by atoms with Crippen LogP contribution in [0, 0.1) is 0 Å². The van der Waals surface area contributed by atoms with Crippen molar-refractivity contribution >= 4 is 27.3 Å². The maximum atomic E-state index is 12.9. The van der Waals surface area contributed by atoms with Gasteiger partial charge in [0.2, 0.25) is 10.0 Å². The number of hydrogen-bond donors (Lipinski definition) is 1. The topological polar surface area (TPSA) is 66.5 Å². The molecule has 2 aromatic carbocycles. The summed E-state index contributed by atoms with van der Waals surface area (Å²) < 4.78 is 25.4. The molecule has 1 N–H and O–H groups in total. The number of nitrogens with zero attached hydrogens (tertiary/aromatic N) is 1. The summed E-state index contributed by atoms with van der Waals surface area (Å²) in [6.45, 7) is 4.63. The molecule has 0 atom stereocenters. The molecule has 0 spiro atoms. The predicted octanol–water partition coefficient (Wildman–Crippen LogP) is 3.78. The van der Waals surface area contributed by atoms with Gasteiger partial charge in [-0.15, -0.1) is 0 Å². The average Bonchev–Trinajstić information content (AvgIpc) is 2.66. The molecule has 6 heteroatoms. The molecule has 0 radical (unpaired) electrons. The van der Waals surface area contributed by atoms with Crippen molar-refractivity contribution in [3.05, 3.63) is 58.7 Å². The Morgan fingerprint density at radius 1 is 1.11 bits per heavy atom. The van der Waals surface area contributed by atoms with Crippen LogP contribution in [0.15, 0.2) is 36.4 Å². The van der Waals surface area contributed by atoms with Crippen LogP contribution in [0.3, 0.4) is 0 Å². The van der Waals surface area contributed by atoms with Crippen LogP contribution in [-0.4, -0.2) is 27.1 Å². The van der Waals surface area contributed by atoms with Crippen LogP contribution in [-0.2, 0) is 29.3 Å². The molecule has 144 valence electrons. The maximum absolute atomic E-state index is 12.9. The zero-order chi connectivity index (χ0) is 19.6. The zero-order valence-corrected chi connectivity index (χ0v) is 16.9. The predicted molar refractivity (Wildman–Crippen MR) is 110 cm³/mol. The molecule has 1 aliphatic rings. The van der Waals surface area contributed by atoms with Crippen molar-refractivity contribution in [2.75, 3.05) is 22.4 Å². The molecule has 1 amide bonds. The minimum atomic E-state index is -3.31. The van der Waals surface area contributed by atoms with Gasteiger partial charge in [0.25, 0.3) is 5.91 Å². The van der Waals surface area contributed by atoms with E-state index in [0.717, 1.165) is 48.1 Å². The van der Waals surface area contributed by atoms with Gasteiger partial charge in [0.1, 0.15) is 0 Å². The zero-order valence-electron chi connectivity index (χ0n) is 16.1. The number of fused-ring (bicyclic) bond motifs is 1. The first-order valence-electron chi connectivity index (χ1n) is 9.38. The van der Waals surface area contributed by atoms with Gasteiger partial charge in [-0.05, 0) is 60.6 Å². The number of hydrogen-bond acceptors (Lipinski definition) is 3. The molecule has 0 bridgehead atoms. The van der Waals surface area contributed by atoms with Crippen LogP contribution < -0.4 is 9.62 Å². The van der Waals surface area contributed by atoms with E-state index in [1.54, 1.807) is 12.1 Å². The second kappa shape index (κ2) is 7.72. The molecule has 0 saturated heterocycles. The molecule has 0 unspecified atom stereocenters. The lowest BCUT2D eigenvalue weighted by molar-refractivity contribution is 0.102. The maximum Gasteiger partial charge on any atom is 0.255 e. The van der Waals surface area contributed by atoms with Crippen molar-refractivity contribution in [1.82, 2.24) is 0 Å². The fraction of sp³-hybridized carbons (Fsp3) is 0.381. The molecule has 0 aliphatic carbocycles. The van der Waals surface area contributed by atoms with Gasteiger partial charge in [0.05, 0.1) is 11.9 Å². The van der Waals surface area contributed by atoms with Crippen LogP contribution in [0.4, 0.5) is 11.4 Å². The Hall–Kier alpha value is -2.34. The van der Waals surface area contributed by atoms with E-state index in [1.807, 2.05) is 24.3 Å². The van der Waals surface area contributed by atoms with Crippen molar-refractivity contribution < 1.29 is 13.2 Å². The third-order valence-electron chi connectivity index (χ3n) is 5.06. The third kappa shape index (κ3) is 4.00. The van der Waals surface area contributed by atoms with Crippen LogP contribution in [0.25, 0.3) is 0 Å². The molecular formula is C21H26N2O3S. The van der Waals surface area contributed by atoms with Gasteiger partial charge < -0.3 is 5.32 Å². The Bertz CT molecular complexity index is 945. The van der Waals surface area contributed by atoms with Crippen LogP contribution >= 0.6 is 0 Å². The number of anilines is 2. The second-order valence-electron chi connectivity index (χ2n) is 6.89. The van der Waals surface area contributed by atoms with Gasteiger partial charge >= 0.3 is 0 Å². The number of carbonyl (C=O) groups is 1. The van der Waals surface area contributed by atoms with Gasteiger partial charge in [-0.3, -0.25) is 9.10 Å². The van der Waals surface area contributed by atoms with Crippen LogP contribution in [0.1, 0.15) is 47.3 Å². The Morgan fingerprint density at radius 2 is 1.78 bits per heavy atom. The highest BCUT2D eigenvalue weighted by Gasteiger charge is 2.25. The van der Waals surface area contributed by atoms with Gasteiger partial charge in [-0.1, -0.05) is 32.0 Å². The van der Waals surface area contributed by atoms with E-state index in [2.05, 4.69) is 19.2 Å². The molecule has 1 heterocycles. The summed E-state index contributed by atoms with van der Waals surface area (Å²) in [4.78, 5) is 12.9. The molecule has 0 saturated carbocycles. The number of benzene rings is 2. The standard InChI is InChI=1S/C21H26N2O3S/c1-4-15-8-6-9-16(5-2)20(15)22-21(24)18-11-12-19-17(14-18)10-7-13-23(19)27(3,25)26/h6,8-9,11-12,14H,4-5,7,10,13H2,1-3H3,(H,22,24). The Morgan fingerprint density at radius 3 is 2.37 bits per heavy atom. The number of nitrogens with one attached hydrogen (secondary N) is 1. The van der Waals surface area contributed by atoms with E-state index in [0.29, 0.717) is 17.8 Å². The summed E-state index contributed by atoms with van der Waals surface area (Å²) in [6, 6.07) is 11.4. The molecule has 27 heavy (non-hydrogen) atoms. The second-order valence-corrected chi connectivity index (χ2v) is 8.80. The largest absolute Gasteiger partial charge is 0.321 e. The lowest BCUT2D eigenvalue weighted by Crippen LogP contribution is -2.34. The number of aryl methyl sites for hydroxylation is 3. The number of sulfonamides is 1. The van der Waals surface area contributed by atoms with E-state index < -0.39 is 10.0 Å². The number of carbonyl (C=O) groups excluding carboxylic acids is 1. The minimum Gasteiger partial charge on any atom is -0.321 e. The third-order valence-corrected chi connectivity index (χ3v) is 6.24. The van der Waals surface area contributed by atoms with Crippen LogP contribution in [0.2, 0.25) is 0 Å². The number of para-hydroxylation sites is 1. The SMILES string of the molecule is CCc1cccc(CC)c1NC(=O)c1ccc2c(c1)CCCN2S(C)(=O)=O. The average molecular weight is 387 g/mol. The first-order valence-corrected chi connectivity index (χ1v) is 11.2. The van der Waals surface area contributed by atoms with Crippen molar-refractivity contribution in [2.24, 2.45) is 0 Å². The summed E-state index contributed by atoms with van der Waals surface area (Å²) in [5, 5.41) is 3.07. The van der Waals surface area contributed by atoms with Gasteiger partial charge in [-0.2, -0.15) is 0 Å². The van der Waals surface area contributed by atoms with Crippen molar-refractivity contribution in [2.45, 2.75) is 39.5 Å². The molecule has 3 rings (SSSR count). The lowest BCUT2D eigenvalue weighted by atomic mass is 9.99. The smallest absolute Gasteiger partial charge is 0.255 e. The summed E-state index contributed by atoms with van der Waals surface area (Å²) in [5.74, 6) is -0.162. The normalized spacial score (nSPS) is 14.0. The highest BCUT2D eigenvalue weighted by Crippen LogP contribution is 2.30. The van der Waals surface area contributed by atoms with Gasteiger partial charge in [0.15, 0.2) is 0 Å². The summed E-state index contributed by atoms with van der Waals surface area (Å²) in [6.07, 6.45) is 4.43. The van der Waals surface area contributed by atoms with E-state index in [9.17, 15) is 13.2 Å². The Labute approximate surface area is 161 Å². The highest BCUT2D eigenvalue weighted by atomic mass is 32.2. The molecular weight excluding hydrogens is 360 g/mol. The Kier molecular flexibility index (Phi) is 5.56. The number of rotatable bonds is 5. The van der Waals surface area contributed by atoms with Gasteiger partial charge in [0, 0.05) is 17.8 Å². The minimum absolute atomic E-state index is 0.162. The van der Waals surface area contributed by atoms with E-state index in [-0.39, 0.29) is 5.91 Å². The first-order chi connectivity index (χ1) is 12.8.